The molecule has 0 saturated carbocycles. The lowest BCUT2D eigenvalue weighted by atomic mass is 10.1. The van der Waals surface area contributed by atoms with Crippen LogP contribution in [-0.4, -0.2) is 53.9 Å². The highest BCUT2D eigenvalue weighted by atomic mass is 16.5. The molecule has 3 atom stereocenters. The fraction of sp³-hybridized carbons (Fsp3) is 0.923. The number of carbonyl (C=O) groups is 1. The molecule has 1 amide bonds. The minimum absolute atomic E-state index is 0.0264. The third-order valence-corrected chi connectivity index (χ3v) is 4.02. The summed E-state index contributed by atoms with van der Waals surface area (Å²) in [5, 5.41) is 9.42. The van der Waals surface area contributed by atoms with Crippen LogP contribution < -0.4 is 5.73 Å². The van der Waals surface area contributed by atoms with Crippen molar-refractivity contribution >= 4 is 5.91 Å². The largest absolute Gasteiger partial charge is 0.394 e. The molecule has 5 nitrogen and oxygen atoms in total. The number of rotatable bonds is 3. The van der Waals surface area contributed by atoms with E-state index in [0.717, 1.165) is 45.1 Å². The number of aliphatic hydroxyl groups is 1. The predicted molar refractivity (Wildman–Crippen MR) is 68.0 cm³/mol. The summed E-state index contributed by atoms with van der Waals surface area (Å²) >= 11 is 0. The maximum atomic E-state index is 12.4. The van der Waals surface area contributed by atoms with E-state index in [0.29, 0.717) is 6.54 Å². The molecule has 2 aliphatic rings. The molecule has 2 saturated heterocycles. The molecular weight excluding hydrogens is 232 g/mol. The van der Waals surface area contributed by atoms with Crippen LogP contribution in [0.3, 0.4) is 0 Å². The number of nitrogens with zero attached hydrogens (tertiary/aromatic N) is 1. The number of aliphatic hydroxyl groups excluding tert-OH is 1. The second kappa shape index (κ2) is 6.50. The fourth-order valence-electron chi connectivity index (χ4n) is 2.90. The molecule has 0 spiro atoms. The van der Waals surface area contributed by atoms with Gasteiger partial charge in [-0.1, -0.05) is 12.8 Å². The first-order valence-corrected chi connectivity index (χ1v) is 7.03. The van der Waals surface area contributed by atoms with E-state index in [9.17, 15) is 9.90 Å². The number of hydrogen-bond acceptors (Lipinski definition) is 4. The second-order valence-electron chi connectivity index (χ2n) is 5.28. The van der Waals surface area contributed by atoms with Crippen LogP contribution in [0.15, 0.2) is 0 Å². The zero-order valence-corrected chi connectivity index (χ0v) is 10.9. The Morgan fingerprint density at radius 1 is 1.28 bits per heavy atom. The Morgan fingerprint density at radius 3 is 2.78 bits per heavy atom. The van der Waals surface area contributed by atoms with Gasteiger partial charge in [-0.05, 0) is 25.7 Å². The van der Waals surface area contributed by atoms with Crippen LogP contribution in [0.4, 0.5) is 0 Å². The summed E-state index contributed by atoms with van der Waals surface area (Å²) in [5.41, 5.74) is 5.56. The van der Waals surface area contributed by atoms with Crippen molar-refractivity contribution < 1.29 is 14.6 Å². The van der Waals surface area contributed by atoms with Gasteiger partial charge in [0.15, 0.2) is 0 Å². The van der Waals surface area contributed by atoms with Crippen LogP contribution in [0.25, 0.3) is 0 Å². The predicted octanol–water partition coefficient (Wildman–Crippen LogP) is 0.256. The molecule has 2 fully saturated rings. The monoisotopic (exact) mass is 256 g/mol. The maximum absolute atomic E-state index is 12.4. The minimum Gasteiger partial charge on any atom is -0.394 e. The summed E-state index contributed by atoms with van der Waals surface area (Å²) in [5.74, 6) is 0.0481. The highest BCUT2D eigenvalue weighted by Gasteiger charge is 2.35. The van der Waals surface area contributed by atoms with Gasteiger partial charge in [-0.25, -0.2) is 0 Å². The first-order valence-electron chi connectivity index (χ1n) is 7.03. The molecule has 104 valence electrons. The zero-order chi connectivity index (χ0) is 13.0. The summed E-state index contributed by atoms with van der Waals surface area (Å²) in [6, 6.07) is -0.0273. The summed E-state index contributed by atoms with van der Waals surface area (Å²) in [7, 11) is 0. The Kier molecular flexibility index (Phi) is 4.97. The molecule has 2 aliphatic heterocycles. The Labute approximate surface area is 108 Å². The molecule has 3 N–H and O–H groups in total. The van der Waals surface area contributed by atoms with Gasteiger partial charge in [0.05, 0.1) is 18.8 Å². The number of nitrogens with two attached hydrogens (primary N) is 1. The quantitative estimate of drug-likeness (QED) is 0.759. The number of hydrogen-bond donors (Lipinski definition) is 2. The molecule has 3 unspecified atom stereocenters. The van der Waals surface area contributed by atoms with Crippen LogP contribution in [0.5, 0.6) is 0 Å². The average molecular weight is 256 g/mol. The van der Waals surface area contributed by atoms with Crippen molar-refractivity contribution in [3.05, 3.63) is 0 Å². The highest BCUT2D eigenvalue weighted by Crippen LogP contribution is 2.24. The molecule has 0 aromatic heterocycles. The standard InChI is InChI=1S/C13H24N2O3/c14-8-11-5-6-12(18-11)13(17)15-7-3-1-2-4-10(15)9-16/h10-12,16H,1-9,14H2. The van der Waals surface area contributed by atoms with Crippen LogP contribution in [-0.2, 0) is 9.53 Å². The summed E-state index contributed by atoms with van der Waals surface area (Å²) in [6.07, 6.45) is 5.46. The Hall–Kier alpha value is -0.650. The first-order chi connectivity index (χ1) is 8.76. The fourth-order valence-corrected chi connectivity index (χ4v) is 2.90. The summed E-state index contributed by atoms with van der Waals surface area (Å²) < 4.78 is 5.66. The van der Waals surface area contributed by atoms with Gasteiger partial charge in [0, 0.05) is 13.1 Å². The molecule has 2 heterocycles. The van der Waals surface area contributed by atoms with Gasteiger partial charge in [-0.15, -0.1) is 0 Å². The van der Waals surface area contributed by atoms with Gasteiger partial charge in [0.25, 0.3) is 5.91 Å². The Morgan fingerprint density at radius 2 is 2.11 bits per heavy atom. The van der Waals surface area contributed by atoms with Crippen molar-refractivity contribution in [1.82, 2.24) is 4.90 Å². The van der Waals surface area contributed by atoms with E-state index in [1.54, 1.807) is 0 Å². The molecule has 2 rings (SSSR count). The van der Waals surface area contributed by atoms with E-state index in [1.165, 1.54) is 0 Å². The van der Waals surface area contributed by atoms with Gasteiger partial charge in [-0.3, -0.25) is 4.79 Å². The highest BCUT2D eigenvalue weighted by molar-refractivity contribution is 5.81. The van der Waals surface area contributed by atoms with E-state index < -0.39 is 0 Å². The van der Waals surface area contributed by atoms with Crippen molar-refractivity contribution in [1.29, 1.82) is 0 Å². The molecule has 0 bridgehead atoms. The van der Waals surface area contributed by atoms with Gasteiger partial charge in [-0.2, -0.15) is 0 Å². The summed E-state index contributed by atoms with van der Waals surface area (Å²) in [4.78, 5) is 14.3. The van der Waals surface area contributed by atoms with E-state index >= 15 is 0 Å². The minimum atomic E-state index is -0.342. The topological polar surface area (TPSA) is 75.8 Å². The summed E-state index contributed by atoms with van der Waals surface area (Å²) in [6.45, 7) is 1.28. The molecule has 0 aliphatic carbocycles. The van der Waals surface area contributed by atoms with Crippen LogP contribution in [0, 0.1) is 0 Å². The Balaban J connectivity index is 1.97. The molecule has 0 radical (unpaired) electrons. The van der Waals surface area contributed by atoms with Crippen molar-refractivity contribution in [2.45, 2.75) is 56.8 Å². The number of carbonyl (C=O) groups excluding carboxylic acids is 1. The lowest BCUT2D eigenvalue weighted by Gasteiger charge is -2.30. The van der Waals surface area contributed by atoms with Gasteiger partial charge >= 0.3 is 0 Å². The number of ether oxygens (including phenoxy) is 1. The SMILES string of the molecule is NCC1CCC(C(=O)N2CCCCCC2CO)O1. The molecule has 0 aromatic rings. The zero-order valence-electron chi connectivity index (χ0n) is 10.9. The smallest absolute Gasteiger partial charge is 0.252 e. The lowest BCUT2D eigenvalue weighted by Crippen LogP contribution is -2.47. The van der Waals surface area contributed by atoms with Crippen LogP contribution >= 0.6 is 0 Å². The van der Waals surface area contributed by atoms with Crippen molar-refractivity contribution in [3.63, 3.8) is 0 Å². The van der Waals surface area contributed by atoms with Gasteiger partial charge < -0.3 is 20.5 Å². The molecular formula is C13H24N2O3. The Bertz CT molecular complexity index is 285. The molecule has 5 heteroatoms. The number of likely N-dealkylation sites (tertiary alicyclic amines) is 1. The average Bonchev–Trinajstić information content (AvgIpc) is 2.75. The molecule has 0 aromatic carbocycles. The third kappa shape index (κ3) is 3.02. The van der Waals surface area contributed by atoms with E-state index in [4.69, 9.17) is 10.5 Å². The third-order valence-electron chi connectivity index (χ3n) is 4.02. The number of amides is 1. The first kappa shape index (κ1) is 13.8. The second-order valence-corrected chi connectivity index (χ2v) is 5.28. The molecule has 18 heavy (non-hydrogen) atoms. The maximum Gasteiger partial charge on any atom is 0.252 e. The normalized spacial score (nSPS) is 33.4. The van der Waals surface area contributed by atoms with Crippen molar-refractivity contribution in [2.24, 2.45) is 5.73 Å². The van der Waals surface area contributed by atoms with Crippen molar-refractivity contribution in [2.75, 3.05) is 19.7 Å². The van der Waals surface area contributed by atoms with Gasteiger partial charge in [0.1, 0.15) is 6.10 Å². The van der Waals surface area contributed by atoms with E-state index in [2.05, 4.69) is 0 Å². The van der Waals surface area contributed by atoms with E-state index in [-0.39, 0.29) is 30.8 Å². The van der Waals surface area contributed by atoms with Gasteiger partial charge in [0.2, 0.25) is 0 Å². The lowest BCUT2D eigenvalue weighted by molar-refractivity contribution is -0.146. The van der Waals surface area contributed by atoms with Crippen molar-refractivity contribution in [3.8, 4) is 0 Å². The van der Waals surface area contributed by atoms with Crippen LogP contribution in [0.2, 0.25) is 0 Å². The van der Waals surface area contributed by atoms with Crippen LogP contribution in [0.1, 0.15) is 38.5 Å². The van der Waals surface area contributed by atoms with E-state index in [1.807, 2.05) is 4.90 Å².